The molecule has 0 radical (unpaired) electrons. The van der Waals surface area contributed by atoms with E-state index in [4.69, 9.17) is 0 Å². The first-order chi connectivity index (χ1) is 7.96. The smallest absolute Gasteiger partial charge is 0.147 e. The van der Waals surface area contributed by atoms with Crippen molar-refractivity contribution < 1.29 is 13.5 Å². The SMILES string of the molecule is CS(=O)(=O)CCCC(O)c1cc2c(s1)CCC2. The van der Waals surface area contributed by atoms with Gasteiger partial charge in [-0.3, -0.25) is 0 Å². The van der Waals surface area contributed by atoms with Gasteiger partial charge in [-0.25, -0.2) is 8.42 Å². The molecular weight excluding hydrogens is 256 g/mol. The predicted octanol–water partition coefficient (Wildman–Crippen LogP) is 2.09. The number of hydrogen-bond donors (Lipinski definition) is 1. The Morgan fingerprint density at radius 3 is 2.88 bits per heavy atom. The maximum atomic E-state index is 11.0. The van der Waals surface area contributed by atoms with Crippen molar-refractivity contribution in [1.29, 1.82) is 0 Å². The van der Waals surface area contributed by atoms with Crippen molar-refractivity contribution in [2.75, 3.05) is 12.0 Å². The van der Waals surface area contributed by atoms with E-state index in [1.165, 1.54) is 23.1 Å². The van der Waals surface area contributed by atoms with Crippen LogP contribution >= 0.6 is 11.3 Å². The molecule has 0 bridgehead atoms. The third-order valence-electron chi connectivity index (χ3n) is 3.09. The number of aliphatic hydroxyl groups is 1. The first-order valence-corrected chi connectivity index (χ1v) is 8.81. The Labute approximate surface area is 106 Å². The normalized spacial score (nSPS) is 17.1. The van der Waals surface area contributed by atoms with Gasteiger partial charge in [-0.1, -0.05) is 0 Å². The van der Waals surface area contributed by atoms with Gasteiger partial charge in [-0.15, -0.1) is 11.3 Å². The molecule has 1 aliphatic rings. The zero-order valence-corrected chi connectivity index (χ0v) is 11.6. The van der Waals surface area contributed by atoms with Crippen LogP contribution in [0, 0.1) is 0 Å². The monoisotopic (exact) mass is 274 g/mol. The van der Waals surface area contributed by atoms with E-state index in [1.807, 2.05) is 0 Å². The Morgan fingerprint density at radius 1 is 1.47 bits per heavy atom. The second-order valence-electron chi connectivity index (χ2n) is 4.74. The summed E-state index contributed by atoms with van der Waals surface area (Å²) < 4.78 is 22.0. The molecule has 1 aliphatic carbocycles. The lowest BCUT2D eigenvalue weighted by atomic mass is 10.1. The van der Waals surface area contributed by atoms with Crippen molar-refractivity contribution in [2.45, 2.75) is 38.2 Å². The molecule has 0 aromatic carbocycles. The fraction of sp³-hybridized carbons (Fsp3) is 0.667. The van der Waals surface area contributed by atoms with Crippen LogP contribution in [0.3, 0.4) is 0 Å². The van der Waals surface area contributed by atoms with Crippen LogP contribution in [0.25, 0.3) is 0 Å². The number of sulfone groups is 1. The minimum absolute atomic E-state index is 0.162. The van der Waals surface area contributed by atoms with E-state index >= 15 is 0 Å². The molecule has 2 rings (SSSR count). The van der Waals surface area contributed by atoms with Gasteiger partial charge in [0.25, 0.3) is 0 Å². The molecule has 1 unspecified atom stereocenters. The van der Waals surface area contributed by atoms with Crippen molar-refractivity contribution in [1.82, 2.24) is 0 Å². The number of rotatable bonds is 5. The third kappa shape index (κ3) is 3.53. The van der Waals surface area contributed by atoms with Crippen LogP contribution in [0.1, 0.15) is 40.7 Å². The third-order valence-corrected chi connectivity index (χ3v) is 5.46. The van der Waals surface area contributed by atoms with Crippen molar-refractivity contribution >= 4 is 21.2 Å². The van der Waals surface area contributed by atoms with Gasteiger partial charge in [-0.2, -0.15) is 0 Å². The Kier molecular flexibility index (Phi) is 3.90. The molecule has 96 valence electrons. The molecule has 0 spiro atoms. The van der Waals surface area contributed by atoms with Gasteiger partial charge in [0.1, 0.15) is 9.84 Å². The largest absolute Gasteiger partial charge is 0.388 e. The predicted molar refractivity (Wildman–Crippen MR) is 70.2 cm³/mol. The highest BCUT2D eigenvalue weighted by Gasteiger charge is 2.18. The average Bonchev–Trinajstić information content (AvgIpc) is 2.73. The van der Waals surface area contributed by atoms with Crippen LogP contribution in [0.2, 0.25) is 0 Å². The van der Waals surface area contributed by atoms with Crippen LogP contribution < -0.4 is 0 Å². The van der Waals surface area contributed by atoms with Crippen molar-refractivity contribution in [3.8, 4) is 0 Å². The molecule has 0 aliphatic heterocycles. The molecule has 0 saturated carbocycles. The average molecular weight is 274 g/mol. The van der Waals surface area contributed by atoms with E-state index in [0.29, 0.717) is 12.8 Å². The van der Waals surface area contributed by atoms with Crippen LogP contribution in [-0.2, 0) is 22.7 Å². The summed E-state index contributed by atoms with van der Waals surface area (Å²) in [6.07, 6.45) is 5.30. The molecule has 1 aromatic rings. The number of hydrogen-bond acceptors (Lipinski definition) is 4. The highest BCUT2D eigenvalue weighted by Crippen LogP contribution is 2.35. The Balaban J connectivity index is 1.89. The Bertz CT molecular complexity index is 466. The molecule has 1 atom stereocenters. The van der Waals surface area contributed by atoms with E-state index < -0.39 is 15.9 Å². The molecular formula is C12H18O3S2. The summed E-state index contributed by atoms with van der Waals surface area (Å²) in [6, 6.07) is 2.10. The second kappa shape index (κ2) is 5.08. The Hall–Kier alpha value is -0.390. The van der Waals surface area contributed by atoms with Gasteiger partial charge < -0.3 is 5.11 Å². The van der Waals surface area contributed by atoms with Gasteiger partial charge >= 0.3 is 0 Å². The van der Waals surface area contributed by atoms with E-state index in [2.05, 4.69) is 6.07 Å². The fourth-order valence-corrected chi connectivity index (χ4v) is 4.17. The number of thiophene rings is 1. The highest BCUT2D eigenvalue weighted by molar-refractivity contribution is 7.90. The summed E-state index contributed by atoms with van der Waals surface area (Å²) in [5.41, 5.74) is 1.38. The van der Waals surface area contributed by atoms with Gasteiger partial charge in [0.05, 0.1) is 6.10 Å². The lowest BCUT2D eigenvalue weighted by molar-refractivity contribution is 0.170. The minimum Gasteiger partial charge on any atom is -0.388 e. The first-order valence-electron chi connectivity index (χ1n) is 5.93. The Morgan fingerprint density at radius 2 is 2.24 bits per heavy atom. The molecule has 17 heavy (non-hydrogen) atoms. The maximum absolute atomic E-state index is 11.0. The number of aryl methyl sites for hydroxylation is 2. The first kappa shape index (κ1) is 13.1. The fourth-order valence-electron chi connectivity index (χ4n) is 2.20. The van der Waals surface area contributed by atoms with Gasteiger partial charge in [-0.05, 0) is 43.7 Å². The molecule has 0 saturated heterocycles. The lowest BCUT2D eigenvalue weighted by Gasteiger charge is -2.07. The second-order valence-corrected chi connectivity index (χ2v) is 8.17. The topological polar surface area (TPSA) is 54.4 Å². The number of aliphatic hydroxyl groups excluding tert-OH is 1. The van der Waals surface area contributed by atoms with Crippen molar-refractivity contribution in [2.24, 2.45) is 0 Å². The standard InChI is InChI=1S/C12H18O3S2/c1-17(14,15)7-3-5-10(13)12-8-9-4-2-6-11(9)16-12/h8,10,13H,2-7H2,1H3. The van der Waals surface area contributed by atoms with Crippen molar-refractivity contribution in [3.05, 3.63) is 21.4 Å². The molecule has 1 aromatic heterocycles. The lowest BCUT2D eigenvalue weighted by Crippen LogP contribution is -2.05. The summed E-state index contributed by atoms with van der Waals surface area (Å²) in [5, 5.41) is 9.99. The molecule has 1 N–H and O–H groups in total. The summed E-state index contributed by atoms with van der Waals surface area (Å²) in [7, 11) is -2.91. The van der Waals surface area contributed by atoms with Gasteiger partial charge in [0.2, 0.25) is 0 Å². The zero-order valence-electron chi connectivity index (χ0n) is 9.98. The molecule has 3 nitrogen and oxygen atoms in total. The highest BCUT2D eigenvalue weighted by atomic mass is 32.2. The van der Waals surface area contributed by atoms with E-state index in [-0.39, 0.29) is 5.75 Å². The van der Waals surface area contributed by atoms with Gasteiger partial charge in [0.15, 0.2) is 0 Å². The molecule has 0 amide bonds. The van der Waals surface area contributed by atoms with Crippen LogP contribution in [0.4, 0.5) is 0 Å². The summed E-state index contributed by atoms with van der Waals surface area (Å²) in [6.45, 7) is 0. The van der Waals surface area contributed by atoms with E-state index in [1.54, 1.807) is 11.3 Å². The van der Waals surface area contributed by atoms with E-state index in [9.17, 15) is 13.5 Å². The summed E-state index contributed by atoms with van der Waals surface area (Å²) in [5.74, 6) is 0.162. The molecule has 5 heteroatoms. The summed E-state index contributed by atoms with van der Waals surface area (Å²) >= 11 is 1.69. The summed E-state index contributed by atoms with van der Waals surface area (Å²) in [4.78, 5) is 2.41. The van der Waals surface area contributed by atoms with Crippen LogP contribution in [0.15, 0.2) is 6.07 Å². The minimum atomic E-state index is -2.91. The maximum Gasteiger partial charge on any atom is 0.147 e. The van der Waals surface area contributed by atoms with Crippen molar-refractivity contribution in [3.63, 3.8) is 0 Å². The van der Waals surface area contributed by atoms with Crippen LogP contribution in [-0.4, -0.2) is 25.5 Å². The van der Waals surface area contributed by atoms with Gasteiger partial charge in [0, 0.05) is 21.8 Å². The quantitative estimate of drug-likeness (QED) is 0.894. The van der Waals surface area contributed by atoms with E-state index in [0.717, 1.165) is 17.7 Å². The molecule has 1 heterocycles. The van der Waals surface area contributed by atoms with Crippen LogP contribution in [0.5, 0.6) is 0 Å². The molecule has 0 fully saturated rings. The number of fused-ring (bicyclic) bond motifs is 1. The zero-order chi connectivity index (χ0) is 12.5.